The zero-order chi connectivity index (χ0) is 12.3. The Morgan fingerprint density at radius 3 is 2.65 bits per heavy atom. The fourth-order valence-corrected chi connectivity index (χ4v) is 3.24. The number of nitrogens with one attached hydrogen (secondary N) is 1. The highest BCUT2D eigenvalue weighted by Gasteiger charge is 2.16. The van der Waals surface area contributed by atoms with Crippen LogP contribution in [0.15, 0.2) is 35.4 Å². The molecule has 0 bridgehead atoms. The van der Waals surface area contributed by atoms with Gasteiger partial charge in [-0.3, -0.25) is 0 Å². The van der Waals surface area contributed by atoms with Crippen molar-refractivity contribution < 1.29 is 8.42 Å². The summed E-state index contributed by atoms with van der Waals surface area (Å²) < 4.78 is 24.1. The number of fused-ring (bicyclic) bond motifs is 1. The van der Waals surface area contributed by atoms with Crippen LogP contribution >= 0.6 is 0 Å². The first-order chi connectivity index (χ1) is 8.13. The summed E-state index contributed by atoms with van der Waals surface area (Å²) in [7, 11) is -3.15. The van der Waals surface area contributed by atoms with Crippen molar-refractivity contribution in [2.75, 3.05) is 5.75 Å². The van der Waals surface area contributed by atoms with E-state index in [0.717, 1.165) is 30.2 Å². The lowest BCUT2D eigenvalue weighted by Gasteiger charge is -2.00. The molecule has 17 heavy (non-hydrogen) atoms. The number of benzene rings is 1. The monoisotopic (exact) mass is 251 g/mol. The second kappa shape index (κ2) is 4.92. The van der Waals surface area contributed by atoms with E-state index >= 15 is 0 Å². The molecule has 0 saturated heterocycles. The maximum Gasteiger partial charge on any atom is 0.193 e. The first-order valence-electron chi connectivity index (χ1n) is 5.94. The first kappa shape index (κ1) is 12.2. The maximum atomic E-state index is 12.0. The number of unbranched alkanes of at least 4 members (excludes halogenated alkanes) is 2. The van der Waals surface area contributed by atoms with E-state index in [1.807, 2.05) is 24.3 Å². The van der Waals surface area contributed by atoms with Crippen molar-refractivity contribution in [1.29, 1.82) is 0 Å². The molecule has 0 aliphatic carbocycles. The van der Waals surface area contributed by atoms with Gasteiger partial charge < -0.3 is 4.98 Å². The Kier molecular flexibility index (Phi) is 3.52. The van der Waals surface area contributed by atoms with Crippen molar-refractivity contribution in [3.8, 4) is 0 Å². The Bertz CT molecular complexity index is 566. The minimum absolute atomic E-state index is 0.230. The van der Waals surface area contributed by atoms with Gasteiger partial charge in [0.2, 0.25) is 0 Å². The van der Waals surface area contributed by atoms with E-state index in [9.17, 15) is 8.42 Å². The lowest BCUT2D eigenvalue weighted by atomic mass is 10.3. The van der Waals surface area contributed by atoms with Crippen LogP contribution in [0.1, 0.15) is 26.2 Å². The number of hydrogen-bond donors (Lipinski definition) is 1. The number of aromatic amines is 1. The maximum absolute atomic E-state index is 12.0. The molecule has 1 aromatic heterocycles. The second-order valence-corrected chi connectivity index (χ2v) is 6.32. The molecule has 3 nitrogen and oxygen atoms in total. The van der Waals surface area contributed by atoms with E-state index < -0.39 is 9.84 Å². The number of hydrogen-bond acceptors (Lipinski definition) is 2. The third-order valence-electron chi connectivity index (χ3n) is 2.86. The largest absolute Gasteiger partial charge is 0.346 e. The zero-order valence-electron chi connectivity index (χ0n) is 9.94. The van der Waals surface area contributed by atoms with Crippen LogP contribution in [0.3, 0.4) is 0 Å². The number of rotatable bonds is 5. The summed E-state index contributed by atoms with van der Waals surface area (Å²) in [5, 5.41) is 1.29. The van der Waals surface area contributed by atoms with Gasteiger partial charge in [0, 0.05) is 10.9 Å². The van der Waals surface area contributed by atoms with Crippen LogP contribution in [0.2, 0.25) is 0 Å². The van der Waals surface area contributed by atoms with E-state index in [1.165, 1.54) is 0 Å². The highest BCUT2D eigenvalue weighted by molar-refractivity contribution is 7.91. The summed E-state index contributed by atoms with van der Waals surface area (Å²) in [5.74, 6) is 0.230. The summed E-state index contributed by atoms with van der Waals surface area (Å²) in [6, 6.07) is 9.32. The number of sulfone groups is 1. The molecule has 1 N–H and O–H groups in total. The highest BCUT2D eigenvalue weighted by Crippen LogP contribution is 2.19. The van der Waals surface area contributed by atoms with E-state index in [-0.39, 0.29) is 5.75 Å². The number of para-hydroxylation sites is 1. The van der Waals surface area contributed by atoms with Crippen molar-refractivity contribution in [2.45, 2.75) is 31.2 Å². The van der Waals surface area contributed by atoms with Crippen LogP contribution < -0.4 is 0 Å². The van der Waals surface area contributed by atoms with E-state index in [4.69, 9.17) is 0 Å². The molecule has 4 heteroatoms. The molecule has 0 radical (unpaired) electrons. The average Bonchev–Trinajstić information content (AvgIpc) is 2.73. The van der Waals surface area contributed by atoms with Gasteiger partial charge in [-0.2, -0.15) is 0 Å². The Morgan fingerprint density at radius 2 is 1.94 bits per heavy atom. The SMILES string of the molecule is CCCCCS(=O)(=O)c1cc2ccccc2[nH]1. The van der Waals surface area contributed by atoms with Crippen molar-refractivity contribution in [3.63, 3.8) is 0 Å². The molecular formula is C13H17NO2S. The van der Waals surface area contributed by atoms with Gasteiger partial charge in [0.25, 0.3) is 0 Å². The minimum atomic E-state index is -3.15. The standard InChI is InChI=1S/C13H17NO2S/c1-2-3-6-9-17(15,16)13-10-11-7-4-5-8-12(11)14-13/h4-5,7-8,10,14H,2-3,6,9H2,1H3. The van der Waals surface area contributed by atoms with Crippen LogP contribution in [-0.4, -0.2) is 19.2 Å². The molecule has 2 rings (SSSR count). The van der Waals surface area contributed by atoms with Crippen LogP contribution in [0, 0.1) is 0 Å². The molecular weight excluding hydrogens is 234 g/mol. The van der Waals surface area contributed by atoms with Gasteiger partial charge in [-0.25, -0.2) is 8.42 Å². The average molecular weight is 251 g/mol. The minimum Gasteiger partial charge on any atom is -0.346 e. The predicted molar refractivity (Wildman–Crippen MR) is 69.9 cm³/mol. The van der Waals surface area contributed by atoms with Crippen molar-refractivity contribution >= 4 is 20.7 Å². The fourth-order valence-electron chi connectivity index (χ4n) is 1.87. The van der Waals surface area contributed by atoms with Crippen LogP contribution in [0.25, 0.3) is 10.9 Å². The van der Waals surface area contributed by atoms with Crippen LogP contribution in [-0.2, 0) is 9.84 Å². The van der Waals surface area contributed by atoms with Crippen molar-refractivity contribution in [1.82, 2.24) is 4.98 Å². The fraction of sp³-hybridized carbons (Fsp3) is 0.385. The second-order valence-electron chi connectivity index (χ2n) is 4.25. The third kappa shape index (κ3) is 2.69. The molecule has 1 heterocycles. The van der Waals surface area contributed by atoms with Gasteiger partial charge >= 0.3 is 0 Å². The molecule has 0 fully saturated rings. The van der Waals surface area contributed by atoms with Crippen molar-refractivity contribution in [3.05, 3.63) is 30.3 Å². The lowest BCUT2D eigenvalue weighted by Crippen LogP contribution is -2.06. The topological polar surface area (TPSA) is 49.9 Å². The summed E-state index contributed by atoms with van der Waals surface area (Å²) in [5.41, 5.74) is 0.876. The summed E-state index contributed by atoms with van der Waals surface area (Å²) in [4.78, 5) is 2.97. The molecule has 0 atom stereocenters. The molecule has 0 saturated carbocycles. The summed E-state index contributed by atoms with van der Waals surface area (Å²) >= 11 is 0. The first-order valence-corrected chi connectivity index (χ1v) is 7.59. The molecule has 0 aliphatic heterocycles. The molecule has 1 aromatic carbocycles. The molecule has 0 amide bonds. The Hall–Kier alpha value is -1.29. The van der Waals surface area contributed by atoms with Gasteiger partial charge in [0.15, 0.2) is 9.84 Å². The third-order valence-corrected chi connectivity index (χ3v) is 4.57. The van der Waals surface area contributed by atoms with Gasteiger partial charge in [0.1, 0.15) is 5.03 Å². The Balaban J connectivity index is 2.26. The lowest BCUT2D eigenvalue weighted by molar-refractivity contribution is 0.588. The molecule has 2 aromatic rings. The predicted octanol–water partition coefficient (Wildman–Crippen LogP) is 3.13. The Morgan fingerprint density at radius 1 is 1.18 bits per heavy atom. The van der Waals surface area contributed by atoms with Crippen molar-refractivity contribution in [2.24, 2.45) is 0 Å². The normalized spacial score (nSPS) is 12.1. The molecule has 0 aliphatic rings. The van der Waals surface area contributed by atoms with E-state index in [2.05, 4.69) is 11.9 Å². The van der Waals surface area contributed by atoms with Gasteiger partial charge in [-0.05, 0) is 18.6 Å². The number of H-pyrrole nitrogens is 1. The van der Waals surface area contributed by atoms with E-state index in [1.54, 1.807) is 6.07 Å². The molecule has 92 valence electrons. The van der Waals surface area contributed by atoms with Crippen LogP contribution in [0.4, 0.5) is 0 Å². The van der Waals surface area contributed by atoms with Gasteiger partial charge in [-0.1, -0.05) is 38.0 Å². The Labute approximate surface area is 102 Å². The smallest absolute Gasteiger partial charge is 0.193 e. The molecule has 0 spiro atoms. The van der Waals surface area contributed by atoms with E-state index in [0.29, 0.717) is 5.03 Å². The highest BCUT2D eigenvalue weighted by atomic mass is 32.2. The van der Waals surface area contributed by atoms with Crippen LogP contribution in [0.5, 0.6) is 0 Å². The number of aromatic nitrogens is 1. The summed E-state index contributed by atoms with van der Waals surface area (Å²) in [6.07, 6.45) is 2.72. The van der Waals surface area contributed by atoms with Gasteiger partial charge in [-0.15, -0.1) is 0 Å². The zero-order valence-corrected chi connectivity index (χ0v) is 10.8. The van der Waals surface area contributed by atoms with Gasteiger partial charge in [0.05, 0.1) is 5.75 Å². The molecule has 0 unspecified atom stereocenters. The summed E-state index contributed by atoms with van der Waals surface area (Å²) in [6.45, 7) is 2.07. The quantitative estimate of drug-likeness (QED) is 0.830.